The molecule has 95 valence electrons. The van der Waals surface area contributed by atoms with Crippen molar-refractivity contribution in [2.24, 2.45) is 0 Å². The SMILES string of the molecule is CCOCCCOB([O])OCCCOCC. The van der Waals surface area contributed by atoms with E-state index in [0.29, 0.717) is 39.6 Å². The molecular formula is C10H22BO5. The molecule has 0 saturated heterocycles. The second-order valence-corrected chi connectivity index (χ2v) is 3.13. The molecule has 0 rings (SSSR count). The van der Waals surface area contributed by atoms with Gasteiger partial charge >= 0.3 is 7.32 Å². The van der Waals surface area contributed by atoms with Crippen LogP contribution < -0.4 is 0 Å². The van der Waals surface area contributed by atoms with Crippen LogP contribution in [0.2, 0.25) is 0 Å². The van der Waals surface area contributed by atoms with Crippen molar-refractivity contribution in [3.8, 4) is 0 Å². The summed E-state index contributed by atoms with van der Waals surface area (Å²) in [5, 5.41) is 11.1. The molecule has 0 heterocycles. The summed E-state index contributed by atoms with van der Waals surface area (Å²) in [6.45, 7) is 7.22. The van der Waals surface area contributed by atoms with E-state index < -0.39 is 7.32 Å². The van der Waals surface area contributed by atoms with Crippen LogP contribution in [0.4, 0.5) is 0 Å². The van der Waals surface area contributed by atoms with Crippen molar-refractivity contribution in [1.29, 1.82) is 0 Å². The van der Waals surface area contributed by atoms with E-state index in [4.69, 9.17) is 18.8 Å². The molecule has 0 aromatic carbocycles. The molecule has 6 heteroatoms. The van der Waals surface area contributed by atoms with Gasteiger partial charge in [0.25, 0.3) is 0 Å². The van der Waals surface area contributed by atoms with Gasteiger partial charge in [0.2, 0.25) is 0 Å². The molecule has 0 fully saturated rings. The van der Waals surface area contributed by atoms with Crippen LogP contribution in [0, 0.1) is 0 Å². The average Bonchev–Trinajstić information content (AvgIpc) is 2.28. The summed E-state index contributed by atoms with van der Waals surface area (Å²) in [6, 6.07) is 0. The molecule has 0 amide bonds. The first-order valence-electron chi connectivity index (χ1n) is 5.85. The van der Waals surface area contributed by atoms with Crippen LogP contribution >= 0.6 is 0 Å². The van der Waals surface area contributed by atoms with Crippen molar-refractivity contribution in [2.75, 3.05) is 39.6 Å². The van der Waals surface area contributed by atoms with Gasteiger partial charge in [0, 0.05) is 39.6 Å². The summed E-state index contributed by atoms with van der Waals surface area (Å²) in [5.74, 6) is 0. The van der Waals surface area contributed by atoms with E-state index in [2.05, 4.69) is 0 Å². The van der Waals surface area contributed by atoms with Gasteiger partial charge in [-0.05, 0) is 26.7 Å². The third kappa shape index (κ3) is 11.9. The van der Waals surface area contributed by atoms with Gasteiger partial charge in [-0.25, -0.2) is 5.02 Å². The first-order chi connectivity index (χ1) is 7.81. The standard InChI is InChI=1S/C10H22BO5/c1-3-13-7-5-9-15-11(12)16-10-6-8-14-4-2/h3-10H2,1-2H3. The maximum Gasteiger partial charge on any atom is 0.666 e. The Hall–Kier alpha value is -0.135. The van der Waals surface area contributed by atoms with Crippen LogP contribution in [0.25, 0.3) is 0 Å². The molecule has 0 aromatic rings. The van der Waals surface area contributed by atoms with E-state index in [1.165, 1.54) is 0 Å². The molecule has 0 aliphatic rings. The van der Waals surface area contributed by atoms with Crippen molar-refractivity contribution >= 4 is 7.32 Å². The van der Waals surface area contributed by atoms with E-state index in [0.717, 1.165) is 12.8 Å². The lowest BCUT2D eigenvalue weighted by Crippen LogP contribution is -2.23. The van der Waals surface area contributed by atoms with Crippen LogP contribution in [0.15, 0.2) is 0 Å². The minimum absolute atomic E-state index is 0.375. The van der Waals surface area contributed by atoms with E-state index >= 15 is 0 Å². The Balaban J connectivity index is 3.09. The third-order valence-corrected chi connectivity index (χ3v) is 1.78. The Morgan fingerprint density at radius 3 is 1.62 bits per heavy atom. The maximum absolute atomic E-state index is 11.1. The first-order valence-corrected chi connectivity index (χ1v) is 5.85. The Morgan fingerprint density at radius 2 is 1.25 bits per heavy atom. The summed E-state index contributed by atoms with van der Waals surface area (Å²) in [5.41, 5.74) is 0. The smallest absolute Gasteiger partial charge is 0.384 e. The van der Waals surface area contributed by atoms with Gasteiger partial charge in [0.1, 0.15) is 0 Å². The van der Waals surface area contributed by atoms with Crippen LogP contribution in [-0.4, -0.2) is 47.0 Å². The van der Waals surface area contributed by atoms with Crippen molar-refractivity contribution < 1.29 is 23.8 Å². The fourth-order valence-corrected chi connectivity index (χ4v) is 1.02. The molecule has 5 nitrogen and oxygen atoms in total. The number of hydrogen-bond donors (Lipinski definition) is 0. The highest BCUT2D eigenvalue weighted by Crippen LogP contribution is 1.92. The lowest BCUT2D eigenvalue weighted by atomic mass is 10.2. The topological polar surface area (TPSA) is 56.8 Å². The molecule has 0 N–H and O–H groups in total. The Morgan fingerprint density at radius 1 is 0.812 bits per heavy atom. The summed E-state index contributed by atoms with van der Waals surface area (Å²) >= 11 is 0. The van der Waals surface area contributed by atoms with Gasteiger partial charge in [-0.15, -0.1) is 0 Å². The highest BCUT2D eigenvalue weighted by Gasteiger charge is 2.16. The molecule has 0 aliphatic carbocycles. The summed E-state index contributed by atoms with van der Waals surface area (Å²) in [4.78, 5) is 0. The summed E-state index contributed by atoms with van der Waals surface area (Å²) in [7, 11) is -1.39. The minimum Gasteiger partial charge on any atom is -0.384 e. The Kier molecular flexibility index (Phi) is 12.8. The fraction of sp³-hybridized carbons (Fsp3) is 1.00. The van der Waals surface area contributed by atoms with E-state index in [1.807, 2.05) is 13.8 Å². The molecule has 0 saturated carbocycles. The molecule has 0 aliphatic heterocycles. The van der Waals surface area contributed by atoms with E-state index in [1.54, 1.807) is 0 Å². The zero-order chi connectivity index (χ0) is 12.1. The quantitative estimate of drug-likeness (QED) is 0.376. The highest BCUT2D eigenvalue weighted by atomic mass is 16.7. The van der Waals surface area contributed by atoms with Crippen molar-refractivity contribution in [3.63, 3.8) is 0 Å². The first kappa shape index (κ1) is 15.9. The number of rotatable bonds is 12. The Bertz CT molecular complexity index is 122. The zero-order valence-corrected chi connectivity index (χ0v) is 10.3. The van der Waals surface area contributed by atoms with Crippen LogP contribution in [0.5, 0.6) is 0 Å². The fourth-order valence-electron chi connectivity index (χ4n) is 1.02. The predicted molar refractivity (Wildman–Crippen MR) is 60.6 cm³/mol. The zero-order valence-electron chi connectivity index (χ0n) is 10.3. The van der Waals surface area contributed by atoms with Crippen LogP contribution in [-0.2, 0) is 23.8 Å². The highest BCUT2D eigenvalue weighted by molar-refractivity contribution is 6.34. The van der Waals surface area contributed by atoms with Crippen molar-refractivity contribution in [2.45, 2.75) is 26.7 Å². The molecule has 0 atom stereocenters. The lowest BCUT2D eigenvalue weighted by molar-refractivity contribution is 0.0758. The van der Waals surface area contributed by atoms with Gasteiger partial charge in [0.15, 0.2) is 0 Å². The molecule has 0 aromatic heterocycles. The largest absolute Gasteiger partial charge is 0.666 e. The summed E-state index contributed by atoms with van der Waals surface area (Å²) in [6.07, 6.45) is 1.43. The minimum atomic E-state index is -1.39. The lowest BCUT2D eigenvalue weighted by Gasteiger charge is -2.07. The molecule has 0 bridgehead atoms. The molecule has 16 heavy (non-hydrogen) atoms. The second-order valence-electron chi connectivity index (χ2n) is 3.13. The van der Waals surface area contributed by atoms with Gasteiger partial charge in [-0.3, -0.25) is 0 Å². The van der Waals surface area contributed by atoms with Crippen LogP contribution in [0.1, 0.15) is 26.7 Å². The molecular weight excluding hydrogens is 211 g/mol. The number of hydrogen-bond acceptors (Lipinski definition) is 4. The van der Waals surface area contributed by atoms with Crippen molar-refractivity contribution in [3.05, 3.63) is 0 Å². The molecule has 0 spiro atoms. The maximum atomic E-state index is 11.1. The van der Waals surface area contributed by atoms with Gasteiger partial charge < -0.3 is 18.8 Å². The second kappa shape index (κ2) is 12.9. The van der Waals surface area contributed by atoms with Gasteiger partial charge in [-0.2, -0.15) is 0 Å². The monoisotopic (exact) mass is 233 g/mol. The Labute approximate surface area is 98.2 Å². The van der Waals surface area contributed by atoms with Crippen molar-refractivity contribution in [1.82, 2.24) is 0 Å². The van der Waals surface area contributed by atoms with E-state index in [9.17, 15) is 5.02 Å². The van der Waals surface area contributed by atoms with Gasteiger partial charge in [-0.1, -0.05) is 0 Å². The summed E-state index contributed by atoms with van der Waals surface area (Å²) < 4.78 is 20.0. The predicted octanol–water partition coefficient (Wildman–Crippen LogP) is 1.29. The van der Waals surface area contributed by atoms with Gasteiger partial charge in [0.05, 0.1) is 0 Å². The average molecular weight is 233 g/mol. The van der Waals surface area contributed by atoms with E-state index in [-0.39, 0.29) is 0 Å². The molecule has 0 unspecified atom stereocenters. The third-order valence-electron chi connectivity index (χ3n) is 1.78. The number of ether oxygens (including phenoxy) is 2. The van der Waals surface area contributed by atoms with Crippen LogP contribution in [0.3, 0.4) is 0 Å². The normalized spacial score (nSPS) is 10.7. The molecule has 1 radical (unpaired) electrons.